The van der Waals surface area contributed by atoms with Crippen LogP contribution in [0.3, 0.4) is 0 Å². The van der Waals surface area contributed by atoms with Crippen molar-refractivity contribution in [3.8, 4) is 28.7 Å². The van der Waals surface area contributed by atoms with E-state index in [-0.39, 0.29) is 5.82 Å². The van der Waals surface area contributed by atoms with Crippen LogP contribution >= 0.6 is 0 Å². The van der Waals surface area contributed by atoms with Gasteiger partial charge in [-0.1, -0.05) is 42.5 Å². The Hall–Kier alpha value is -3.26. The van der Waals surface area contributed by atoms with Crippen molar-refractivity contribution in [3.05, 3.63) is 66.5 Å². The molecule has 0 aliphatic carbocycles. The quantitative estimate of drug-likeness (QED) is 0.713. The van der Waals surface area contributed by atoms with Crippen LogP contribution in [0.1, 0.15) is 6.42 Å². The van der Waals surface area contributed by atoms with Crippen molar-refractivity contribution in [2.45, 2.75) is 6.42 Å². The van der Waals surface area contributed by atoms with Crippen molar-refractivity contribution in [1.29, 1.82) is 5.26 Å². The van der Waals surface area contributed by atoms with Crippen LogP contribution in [0.5, 0.6) is 0 Å². The molecular formula is C19H15FN4. The van der Waals surface area contributed by atoms with Gasteiger partial charge in [0.1, 0.15) is 11.6 Å². The maximum Gasteiger partial charge on any atom is 0.162 e. The van der Waals surface area contributed by atoms with Gasteiger partial charge in [0.2, 0.25) is 0 Å². The van der Waals surface area contributed by atoms with Crippen LogP contribution in [0.2, 0.25) is 0 Å². The van der Waals surface area contributed by atoms with E-state index in [2.05, 4.69) is 21.4 Å². The Labute approximate surface area is 139 Å². The van der Waals surface area contributed by atoms with Crippen LogP contribution in [0.4, 0.5) is 10.2 Å². The van der Waals surface area contributed by atoms with Gasteiger partial charge in [-0.3, -0.25) is 0 Å². The molecule has 3 rings (SSSR count). The number of aromatic nitrogens is 2. The van der Waals surface area contributed by atoms with E-state index in [4.69, 9.17) is 5.26 Å². The van der Waals surface area contributed by atoms with Crippen LogP contribution in [0.15, 0.2) is 60.7 Å². The normalized spacial score (nSPS) is 10.2. The summed E-state index contributed by atoms with van der Waals surface area (Å²) < 4.78 is 14.1. The number of rotatable bonds is 5. The lowest BCUT2D eigenvalue weighted by atomic mass is 10.1. The smallest absolute Gasteiger partial charge is 0.162 e. The van der Waals surface area contributed by atoms with Crippen molar-refractivity contribution in [3.63, 3.8) is 0 Å². The van der Waals surface area contributed by atoms with E-state index in [9.17, 15) is 4.39 Å². The molecule has 0 unspecified atom stereocenters. The van der Waals surface area contributed by atoms with Gasteiger partial charge in [0, 0.05) is 23.7 Å². The minimum Gasteiger partial charge on any atom is -0.369 e. The molecule has 0 spiro atoms. The predicted octanol–water partition coefficient (Wildman–Crippen LogP) is 4.28. The lowest BCUT2D eigenvalue weighted by Crippen LogP contribution is -2.05. The number of nitriles is 1. The van der Waals surface area contributed by atoms with Gasteiger partial charge < -0.3 is 5.32 Å². The Kier molecular flexibility index (Phi) is 4.78. The van der Waals surface area contributed by atoms with E-state index in [1.807, 2.05) is 30.3 Å². The van der Waals surface area contributed by atoms with Gasteiger partial charge in [-0.25, -0.2) is 14.4 Å². The van der Waals surface area contributed by atoms with Gasteiger partial charge in [-0.15, -0.1) is 0 Å². The first-order valence-electron chi connectivity index (χ1n) is 7.58. The van der Waals surface area contributed by atoms with Gasteiger partial charge in [-0.05, 0) is 12.1 Å². The molecule has 0 radical (unpaired) electrons. The van der Waals surface area contributed by atoms with Crippen LogP contribution in [-0.4, -0.2) is 16.5 Å². The number of hydrogen-bond donors (Lipinski definition) is 1. The van der Waals surface area contributed by atoms with Gasteiger partial charge in [0.15, 0.2) is 5.82 Å². The summed E-state index contributed by atoms with van der Waals surface area (Å²) in [6, 6.07) is 19.8. The number of anilines is 1. The fraction of sp³-hybridized carbons (Fsp3) is 0.105. The summed E-state index contributed by atoms with van der Waals surface area (Å²) >= 11 is 0. The summed E-state index contributed by atoms with van der Waals surface area (Å²) in [6.45, 7) is 0.471. The third-order valence-electron chi connectivity index (χ3n) is 3.45. The molecule has 118 valence electrons. The zero-order valence-electron chi connectivity index (χ0n) is 12.9. The first-order chi connectivity index (χ1) is 11.8. The lowest BCUT2D eigenvalue weighted by molar-refractivity contribution is 0.630. The van der Waals surface area contributed by atoms with Gasteiger partial charge in [0.05, 0.1) is 18.2 Å². The molecule has 0 atom stereocenters. The average Bonchev–Trinajstić information content (AvgIpc) is 2.63. The molecule has 0 saturated heterocycles. The molecule has 4 nitrogen and oxygen atoms in total. The Morgan fingerprint density at radius 1 is 1.00 bits per heavy atom. The van der Waals surface area contributed by atoms with Crippen molar-refractivity contribution >= 4 is 5.82 Å². The summed E-state index contributed by atoms with van der Waals surface area (Å²) in [7, 11) is 0. The Bertz CT molecular complexity index is 872. The largest absolute Gasteiger partial charge is 0.369 e. The molecule has 5 heteroatoms. The molecule has 0 fully saturated rings. The minimum absolute atomic E-state index is 0.335. The van der Waals surface area contributed by atoms with Crippen molar-refractivity contribution < 1.29 is 4.39 Å². The second kappa shape index (κ2) is 7.34. The van der Waals surface area contributed by atoms with E-state index < -0.39 is 0 Å². The van der Waals surface area contributed by atoms with Crippen LogP contribution < -0.4 is 5.32 Å². The summed E-state index contributed by atoms with van der Waals surface area (Å²) in [5.74, 6) is 0.742. The molecule has 0 bridgehead atoms. The average molecular weight is 318 g/mol. The number of hydrogen-bond acceptors (Lipinski definition) is 4. The van der Waals surface area contributed by atoms with Crippen LogP contribution in [0.25, 0.3) is 22.6 Å². The molecule has 24 heavy (non-hydrogen) atoms. The summed E-state index contributed by atoms with van der Waals surface area (Å²) in [6.07, 6.45) is 0.361. The van der Waals surface area contributed by atoms with Crippen molar-refractivity contribution in [2.24, 2.45) is 0 Å². The molecular weight excluding hydrogens is 303 g/mol. The third-order valence-corrected chi connectivity index (χ3v) is 3.45. The van der Waals surface area contributed by atoms with E-state index in [1.54, 1.807) is 24.3 Å². The minimum atomic E-state index is -0.335. The topological polar surface area (TPSA) is 61.6 Å². The van der Waals surface area contributed by atoms with Gasteiger partial charge >= 0.3 is 0 Å². The molecule has 0 amide bonds. The molecule has 2 aromatic carbocycles. The van der Waals surface area contributed by atoms with Gasteiger partial charge in [0.25, 0.3) is 0 Å². The number of halogens is 1. The molecule has 1 N–H and O–H groups in total. The summed E-state index contributed by atoms with van der Waals surface area (Å²) in [5, 5.41) is 11.8. The molecule has 0 aliphatic heterocycles. The Morgan fingerprint density at radius 2 is 1.75 bits per heavy atom. The highest BCUT2D eigenvalue weighted by Gasteiger charge is 2.11. The molecule has 3 aromatic rings. The SMILES string of the molecule is N#CCCNc1cc(-c2ccccc2F)nc(-c2ccccc2)n1. The van der Waals surface area contributed by atoms with E-state index in [1.165, 1.54) is 6.07 Å². The maximum atomic E-state index is 14.1. The fourth-order valence-corrected chi connectivity index (χ4v) is 2.31. The number of benzene rings is 2. The van der Waals surface area contributed by atoms with E-state index in [0.29, 0.717) is 35.9 Å². The maximum absolute atomic E-state index is 14.1. The Morgan fingerprint density at radius 3 is 2.50 bits per heavy atom. The van der Waals surface area contributed by atoms with Crippen molar-refractivity contribution in [1.82, 2.24) is 9.97 Å². The first kappa shape index (κ1) is 15.6. The van der Waals surface area contributed by atoms with Crippen molar-refractivity contribution in [2.75, 3.05) is 11.9 Å². The third kappa shape index (κ3) is 3.55. The predicted molar refractivity (Wildman–Crippen MR) is 91.6 cm³/mol. The lowest BCUT2D eigenvalue weighted by Gasteiger charge is -2.10. The highest BCUT2D eigenvalue weighted by atomic mass is 19.1. The summed E-state index contributed by atoms with van der Waals surface area (Å²) in [5.41, 5.74) is 1.76. The van der Waals surface area contributed by atoms with Crippen LogP contribution in [0, 0.1) is 17.1 Å². The fourth-order valence-electron chi connectivity index (χ4n) is 2.31. The number of nitrogens with zero attached hydrogens (tertiary/aromatic N) is 3. The molecule has 0 saturated carbocycles. The molecule has 0 aliphatic rings. The molecule has 1 aromatic heterocycles. The molecule has 1 heterocycles. The van der Waals surface area contributed by atoms with Gasteiger partial charge in [-0.2, -0.15) is 5.26 Å². The first-order valence-corrected chi connectivity index (χ1v) is 7.58. The Balaban J connectivity index is 2.06. The van der Waals surface area contributed by atoms with E-state index >= 15 is 0 Å². The zero-order valence-corrected chi connectivity index (χ0v) is 12.9. The highest BCUT2D eigenvalue weighted by Crippen LogP contribution is 2.26. The monoisotopic (exact) mass is 318 g/mol. The van der Waals surface area contributed by atoms with Crippen LogP contribution in [-0.2, 0) is 0 Å². The second-order valence-electron chi connectivity index (χ2n) is 5.14. The number of nitrogens with one attached hydrogen (secondary N) is 1. The standard InChI is InChI=1S/C19H15FN4/c20-16-10-5-4-9-15(16)17-13-18(22-12-6-11-21)24-19(23-17)14-7-2-1-3-8-14/h1-5,7-10,13H,6,12H2,(H,22,23,24). The van der Waals surface area contributed by atoms with E-state index in [0.717, 1.165) is 5.56 Å². The summed E-state index contributed by atoms with van der Waals surface area (Å²) in [4.78, 5) is 8.98. The zero-order chi connectivity index (χ0) is 16.8. The highest BCUT2D eigenvalue weighted by molar-refractivity contribution is 5.67. The second-order valence-corrected chi connectivity index (χ2v) is 5.14.